The fourth-order valence-corrected chi connectivity index (χ4v) is 3.73. The molecule has 0 amide bonds. The van der Waals surface area contributed by atoms with Crippen molar-refractivity contribution in [3.63, 3.8) is 0 Å². The van der Waals surface area contributed by atoms with E-state index >= 15 is 0 Å². The average molecular weight is 406 g/mol. The van der Waals surface area contributed by atoms with Gasteiger partial charge in [-0.3, -0.25) is 25.7 Å². The number of hydrogen-bond acceptors (Lipinski definition) is 10. The monoisotopic (exact) mass is 406 g/mol. The minimum atomic E-state index is -1.67. The fourth-order valence-electron chi connectivity index (χ4n) is 3.73. The van der Waals surface area contributed by atoms with E-state index < -0.39 is 55.6 Å². The number of carbonyl (C=O) groups excluding carboxylic acids is 2. The summed E-state index contributed by atoms with van der Waals surface area (Å²) >= 11 is 0. The molecule has 0 unspecified atom stereocenters. The van der Waals surface area contributed by atoms with Crippen molar-refractivity contribution in [2.75, 3.05) is 5.43 Å². The van der Waals surface area contributed by atoms with Gasteiger partial charge in [-0.15, -0.1) is 0 Å². The van der Waals surface area contributed by atoms with Crippen LogP contribution in [-0.2, 0) is 9.59 Å². The van der Waals surface area contributed by atoms with Gasteiger partial charge in [0.05, 0.1) is 27.6 Å². The fraction of sp³-hybridized carbons (Fsp3) is 0.471. The number of non-ortho nitro benzene ring substituents is 1. The van der Waals surface area contributed by atoms with E-state index in [1.54, 1.807) is 13.8 Å². The van der Waals surface area contributed by atoms with Crippen molar-refractivity contribution >= 4 is 34.7 Å². The number of nitro benzene ring substituents is 2. The largest absolute Gasteiger partial charge is 0.550 e. The molecule has 12 nitrogen and oxygen atoms in total. The molecule has 1 N–H and O–H groups in total. The van der Waals surface area contributed by atoms with Crippen LogP contribution in [0.1, 0.15) is 33.6 Å². The molecule has 2 rings (SSSR count). The Morgan fingerprint density at radius 3 is 2.21 bits per heavy atom. The molecule has 0 spiro atoms. The highest BCUT2D eigenvalue weighted by molar-refractivity contribution is 6.37. The average Bonchev–Trinajstić information content (AvgIpc) is 2.84. The summed E-state index contributed by atoms with van der Waals surface area (Å²) in [5.41, 5.74) is -2.01. The number of carboxylic acids is 2. The van der Waals surface area contributed by atoms with Gasteiger partial charge in [0, 0.05) is 23.4 Å². The van der Waals surface area contributed by atoms with Crippen LogP contribution in [0.4, 0.5) is 17.1 Å². The number of hydrazone groups is 1. The van der Waals surface area contributed by atoms with Gasteiger partial charge < -0.3 is 19.8 Å². The first-order chi connectivity index (χ1) is 13.3. The van der Waals surface area contributed by atoms with Crippen molar-refractivity contribution in [1.82, 2.24) is 0 Å². The van der Waals surface area contributed by atoms with E-state index in [1.807, 2.05) is 0 Å². The molecule has 1 aliphatic carbocycles. The van der Waals surface area contributed by atoms with E-state index in [0.717, 1.165) is 12.1 Å². The molecule has 0 bridgehead atoms. The zero-order valence-corrected chi connectivity index (χ0v) is 15.8. The first-order valence-corrected chi connectivity index (χ1v) is 8.52. The number of rotatable bonds is 7. The summed E-state index contributed by atoms with van der Waals surface area (Å²) in [6.45, 7) is 4.68. The van der Waals surface area contributed by atoms with E-state index in [1.165, 1.54) is 6.92 Å². The van der Waals surface area contributed by atoms with Crippen LogP contribution in [0.3, 0.4) is 0 Å². The summed E-state index contributed by atoms with van der Waals surface area (Å²) in [6.07, 6.45) is 0.325. The normalized spacial score (nSPS) is 23.4. The standard InChI is InChI=1S/C17H20N4O8/c1-16(2)10(14(22)23)6-7-17(16,3)13(15(24)25)19-18-11-5-4-9(20(26)27)8-12(11)21(28)29/h4-5,8,10,18H,6-7H2,1-3H3,(H,22,23)(H,24,25)/p-2/t10-,17-/m1/s1. The first-order valence-electron chi connectivity index (χ1n) is 8.52. The summed E-state index contributed by atoms with van der Waals surface area (Å²) in [7, 11) is 0. The highest BCUT2D eigenvalue weighted by Crippen LogP contribution is 2.56. The molecule has 0 heterocycles. The Labute approximate surface area is 164 Å². The number of carbonyl (C=O) groups is 2. The molecule has 29 heavy (non-hydrogen) atoms. The Hall–Kier alpha value is -3.57. The van der Waals surface area contributed by atoms with Gasteiger partial charge in [-0.05, 0) is 24.3 Å². The van der Waals surface area contributed by atoms with Crippen molar-refractivity contribution in [2.45, 2.75) is 33.6 Å². The Morgan fingerprint density at radius 2 is 1.76 bits per heavy atom. The van der Waals surface area contributed by atoms with E-state index in [4.69, 9.17) is 0 Å². The van der Waals surface area contributed by atoms with Crippen LogP contribution in [0.15, 0.2) is 23.3 Å². The maximum Gasteiger partial charge on any atom is 0.301 e. The van der Waals surface area contributed by atoms with E-state index in [2.05, 4.69) is 10.5 Å². The zero-order chi connectivity index (χ0) is 22.1. The molecule has 1 aromatic carbocycles. The summed E-state index contributed by atoms with van der Waals surface area (Å²) in [5, 5.41) is 49.0. The summed E-state index contributed by atoms with van der Waals surface area (Å²) in [5.74, 6) is -3.90. The number of hydrogen-bond donors (Lipinski definition) is 1. The number of aliphatic carboxylic acids is 2. The Balaban J connectivity index is 2.48. The van der Waals surface area contributed by atoms with Crippen molar-refractivity contribution in [3.8, 4) is 0 Å². The Kier molecular flexibility index (Phi) is 5.58. The van der Waals surface area contributed by atoms with Gasteiger partial charge >= 0.3 is 5.69 Å². The van der Waals surface area contributed by atoms with Gasteiger partial charge in [-0.2, -0.15) is 5.10 Å². The SMILES string of the molecule is CC1(C)[C@@H](C(=O)[O-])CC[C@]1(C)C(=NNc1ccc([N+](=O)[O-])cc1[N+](=O)[O-])C(=O)[O-]. The van der Waals surface area contributed by atoms with Gasteiger partial charge in [0.25, 0.3) is 5.69 Å². The van der Waals surface area contributed by atoms with E-state index in [0.29, 0.717) is 6.07 Å². The molecular weight excluding hydrogens is 388 g/mol. The molecule has 156 valence electrons. The van der Waals surface area contributed by atoms with E-state index in [-0.39, 0.29) is 18.5 Å². The third kappa shape index (κ3) is 3.73. The predicted octanol–water partition coefficient (Wildman–Crippen LogP) is 0.213. The lowest BCUT2D eigenvalue weighted by molar-refractivity contribution is -0.393. The van der Waals surface area contributed by atoms with Gasteiger partial charge in [0.15, 0.2) is 0 Å². The Bertz CT molecular complexity index is 926. The van der Waals surface area contributed by atoms with Crippen molar-refractivity contribution in [2.24, 2.45) is 21.8 Å². The molecule has 1 aromatic rings. The number of nitrogens with one attached hydrogen (secondary N) is 1. The molecular formula is C17H18N4O8-2. The van der Waals surface area contributed by atoms with Crippen LogP contribution >= 0.6 is 0 Å². The zero-order valence-electron chi connectivity index (χ0n) is 15.8. The molecule has 1 aliphatic rings. The minimum absolute atomic E-state index is 0.162. The number of nitrogens with zero attached hydrogens (tertiary/aromatic N) is 3. The smallest absolute Gasteiger partial charge is 0.301 e. The van der Waals surface area contributed by atoms with Gasteiger partial charge in [-0.1, -0.05) is 20.8 Å². The molecule has 0 radical (unpaired) electrons. The van der Waals surface area contributed by atoms with Crippen LogP contribution in [-0.4, -0.2) is 27.5 Å². The van der Waals surface area contributed by atoms with Crippen molar-refractivity contribution in [1.29, 1.82) is 0 Å². The Morgan fingerprint density at radius 1 is 1.14 bits per heavy atom. The lowest BCUT2D eigenvalue weighted by Crippen LogP contribution is -2.51. The number of carboxylic acid groups (broad SMARTS) is 2. The van der Waals surface area contributed by atoms with Crippen LogP contribution in [0.25, 0.3) is 0 Å². The van der Waals surface area contributed by atoms with Crippen LogP contribution in [0.5, 0.6) is 0 Å². The number of anilines is 1. The quantitative estimate of drug-likeness (QED) is 0.374. The maximum atomic E-state index is 11.8. The molecule has 0 saturated heterocycles. The second-order valence-electron chi connectivity index (χ2n) is 7.54. The molecule has 1 saturated carbocycles. The molecule has 1 fully saturated rings. The minimum Gasteiger partial charge on any atom is -0.550 e. The molecule has 0 aliphatic heterocycles. The summed E-state index contributed by atoms with van der Waals surface area (Å²) in [4.78, 5) is 43.5. The van der Waals surface area contributed by atoms with Gasteiger partial charge in [0.2, 0.25) is 0 Å². The van der Waals surface area contributed by atoms with Crippen molar-refractivity contribution < 1.29 is 29.6 Å². The van der Waals surface area contributed by atoms with Gasteiger partial charge in [0.1, 0.15) is 5.69 Å². The molecule has 0 aromatic heterocycles. The number of benzene rings is 1. The van der Waals surface area contributed by atoms with Gasteiger partial charge in [-0.25, -0.2) is 0 Å². The third-order valence-corrected chi connectivity index (χ3v) is 5.90. The number of nitro groups is 2. The van der Waals surface area contributed by atoms with Crippen LogP contribution < -0.4 is 15.6 Å². The molecule has 2 atom stereocenters. The summed E-state index contributed by atoms with van der Waals surface area (Å²) < 4.78 is 0. The summed E-state index contributed by atoms with van der Waals surface area (Å²) in [6, 6.07) is 2.74. The third-order valence-electron chi connectivity index (χ3n) is 5.90. The predicted molar refractivity (Wildman–Crippen MR) is 95.4 cm³/mol. The second kappa shape index (κ2) is 7.45. The highest BCUT2D eigenvalue weighted by Gasteiger charge is 2.55. The van der Waals surface area contributed by atoms with Crippen molar-refractivity contribution in [3.05, 3.63) is 38.4 Å². The van der Waals surface area contributed by atoms with E-state index in [9.17, 15) is 40.0 Å². The lowest BCUT2D eigenvalue weighted by Gasteiger charge is -2.43. The second-order valence-corrected chi connectivity index (χ2v) is 7.54. The maximum absolute atomic E-state index is 11.8. The molecule has 12 heteroatoms. The lowest BCUT2D eigenvalue weighted by atomic mass is 9.63. The first kappa shape index (κ1) is 21.7. The highest BCUT2D eigenvalue weighted by atomic mass is 16.6. The van der Waals surface area contributed by atoms with Crippen LogP contribution in [0.2, 0.25) is 0 Å². The van der Waals surface area contributed by atoms with Crippen LogP contribution in [0, 0.1) is 37.0 Å². The topological polar surface area (TPSA) is 191 Å².